The number of halogens is 1. The Balaban J connectivity index is 2.78. The summed E-state index contributed by atoms with van der Waals surface area (Å²) in [6, 6.07) is 4.06. The standard InChI is InChI=1S/C12H16FNO4/c1-17-7-8(18-2)6-14-10-5-3-4-9(13)11(10)12(15)16/h3-5,8,14H,6-7H2,1-2H3,(H,15,16). The third kappa shape index (κ3) is 3.68. The molecule has 0 amide bonds. The predicted molar refractivity (Wildman–Crippen MR) is 64.5 cm³/mol. The summed E-state index contributed by atoms with van der Waals surface area (Å²) in [4.78, 5) is 10.9. The van der Waals surface area contributed by atoms with Crippen LogP contribution in [0.2, 0.25) is 0 Å². The van der Waals surface area contributed by atoms with Gasteiger partial charge in [-0.1, -0.05) is 6.07 Å². The van der Waals surface area contributed by atoms with Crippen molar-refractivity contribution in [2.75, 3.05) is 32.7 Å². The van der Waals surface area contributed by atoms with Crippen LogP contribution in [-0.4, -0.2) is 44.6 Å². The molecule has 0 radical (unpaired) electrons. The van der Waals surface area contributed by atoms with Crippen LogP contribution in [0.3, 0.4) is 0 Å². The maximum atomic E-state index is 13.4. The molecule has 0 aliphatic heterocycles. The normalized spacial score (nSPS) is 12.2. The lowest BCUT2D eigenvalue weighted by Gasteiger charge is -2.17. The highest BCUT2D eigenvalue weighted by Crippen LogP contribution is 2.19. The first-order chi connectivity index (χ1) is 8.60. The van der Waals surface area contributed by atoms with E-state index in [9.17, 15) is 9.18 Å². The first-order valence-corrected chi connectivity index (χ1v) is 5.37. The van der Waals surface area contributed by atoms with Crippen LogP contribution in [-0.2, 0) is 9.47 Å². The van der Waals surface area contributed by atoms with Crippen molar-refractivity contribution in [1.82, 2.24) is 0 Å². The van der Waals surface area contributed by atoms with Crippen molar-refractivity contribution < 1.29 is 23.8 Å². The number of nitrogens with one attached hydrogen (secondary N) is 1. The Labute approximate surface area is 105 Å². The van der Waals surface area contributed by atoms with E-state index in [0.717, 1.165) is 6.07 Å². The molecule has 6 heteroatoms. The van der Waals surface area contributed by atoms with Crippen LogP contribution >= 0.6 is 0 Å². The molecule has 1 rings (SSSR count). The van der Waals surface area contributed by atoms with Gasteiger partial charge in [0.25, 0.3) is 0 Å². The SMILES string of the molecule is COCC(CNc1cccc(F)c1C(=O)O)OC. The minimum atomic E-state index is -1.31. The van der Waals surface area contributed by atoms with Gasteiger partial charge in [-0.2, -0.15) is 0 Å². The zero-order chi connectivity index (χ0) is 13.5. The average molecular weight is 257 g/mol. The largest absolute Gasteiger partial charge is 0.478 e. The molecule has 1 aromatic carbocycles. The monoisotopic (exact) mass is 257 g/mol. The summed E-state index contributed by atoms with van der Waals surface area (Å²) in [5.74, 6) is -2.08. The van der Waals surface area contributed by atoms with Crippen molar-refractivity contribution in [2.24, 2.45) is 0 Å². The van der Waals surface area contributed by atoms with Crippen molar-refractivity contribution in [1.29, 1.82) is 0 Å². The minimum absolute atomic E-state index is 0.223. The Bertz CT molecular complexity index is 411. The summed E-state index contributed by atoms with van der Waals surface area (Å²) in [6.45, 7) is 0.690. The molecular weight excluding hydrogens is 241 g/mol. The minimum Gasteiger partial charge on any atom is -0.478 e. The summed E-state index contributed by atoms with van der Waals surface area (Å²) >= 11 is 0. The van der Waals surface area contributed by atoms with Crippen molar-refractivity contribution in [3.05, 3.63) is 29.6 Å². The van der Waals surface area contributed by atoms with Crippen LogP contribution < -0.4 is 5.32 Å². The molecule has 0 fully saturated rings. The van der Waals surface area contributed by atoms with Gasteiger partial charge in [0.1, 0.15) is 11.4 Å². The Kier molecular flexibility index (Phi) is 5.54. The van der Waals surface area contributed by atoms with Crippen LogP contribution in [0.25, 0.3) is 0 Å². The maximum absolute atomic E-state index is 13.4. The Morgan fingerprint density at radius 3 is 2.78 bits per heavy atom. The lowest BCUT2D eigenvalue weighted by atomic mass is 10.1. The predicted octanol–water partition coefficient (Wildman–Crippen LogP) is 1.60. The molecule has 18 heavy (non-hydrogen) atoms. The molecule has 0 aliphatic carbocycles. The van der Waals surface area contributed by atoms with Crippen molar-refractivity contribution in [2.45, 2.75) is 6.10 Å². The lowest BCUT2D eigenvalue weighted by molar-refractivity contribution is 0.0365. The van der Waals surface area contributed by atoms with Gasteiger partial charge in [-0.3, -0.25) is 0 Å². The molecule has 1 aromatic rings. The molecule has 0 saturated carbocycles. The van der Waals surface area contributed by atoms with Gasteiger partial charge in [-0.05, 0) is 12.1 Å². The summed E-state index contributed by atoms with van der Waals surface area (Å²) in [5.41, 5.74) is -0.148. The average Bonchev–Trinajstić information content (AvgIpc) is 2.33. The fourth-order valence-electron chi connectivity index (χ4n) is 1.51. The molecule has 100 valence electrons. The smallest absolute Gasteiger partial charge is 0.340 e. The maximum Gasteiger partial charge on any atom is 0.340 e. The van der Waals surface area contributed by atoms with Crippen LogP contribution in [0.15, 0.2) is 18.2 Å². The Morgan fingerprint density at radius 1 is 1.50 bits per heavy atom. The molecule has 0 aliphatic rings. The first-order valence-electron chi connectivity index (χ1n) is 5.37. The number of aromatic carboxylic acids is 1. The van der Waals surface area contributed by atoms with E-state index in [1.54, 1.807) is 0 Å². The summed E-state index contributed by atoms with van der Waals surface area (Å²) in [6.07, 6.45) is -0.236. The fraction of sp³-hybridized carbons (Fsp3) is 0.417. The number of carbonyl (C=O) groups is 1. The van der Waals surface area contributed by atoms with Gasteiger partial charge in [-0.25, -0.2) is 9.18 Å². The molecular formula is C12H16FNO4. The van der Waals surface area contributed by atoms with Gasteiger partial charge < -0.3 is 19.9 Å². The second-order valence-corrected chi connectivity index (χ2v) is 3.66. The molecule has 0 saturated heterocycles. The van der Waals surface area contributed by atoms with Crippen LogP contribution in [0, 0.1) is 5.82 Å². The highest BCUT2D eigenvalue weighted by Gasteiger charge is 2.16. The third-order valence-corrected chi connectivity index (χ3v) is 2.43. The first kappa shape index (κ1) is 14.4. The molecule has 0 heterocycles. The number of hydrogen-bond donors (Lipinski definition) is 2. The van der Waals surface area contributed by atoms with Crippen LogP contribution in [0.4, 0.5) is 10.1 Å². The van der Waals surface area contributed by atoms with Crippen LogP contribution in [0.5, 0.6) is 0 Å². The van der Waals surface area contributed by atoms with Crippen LogP contribution in [0.1, 0.15) is 10.4 Å². The number of carboxylic acid groups (broad SMARTS) is 1. The number of ether oxygens (including phenoxy) is 2. The fourth-order valence-corrected chi connectivity index (χ4v) is 1.51. The van der Waals surface area contributed by atoms with E-state index >= 15 is 0 Å². The lowest BCUT2D eigenvalue weighted by Crippen LogP contribution is -2.27. The quantitative estimate of drug-likeness (QED) is 0.776. The highest BCUT2D eigenvalue weighted by atomic mass is 19.1. The number of carboxylic acids is 1. The zero-order valence-corrected chi connectivity index (χ0v) is 10.3. The van der Waals surface area contributed by atoms with E-state index in [4.69, 9.17) is 14.6 Å². The third-order valence-electron chi connectivity index (χ3n) is 2.43. The van der Waals surface area contributed by atoms with E-state index < -0.39 is 11.8 Å². The van der Waals surface area contributed by atoms with E-state index in [-0.39, 0.29) is 17.4 Å². The molecule has 1 atom stereocenters. The number of hydrogen-bond acceptors (Lipinski definition) is 4. The van der Waals surface area contributed by atoms with Gasteiger partial charge in [0, 0.05) is 20.8 Å². The number of anilines is 1. The number of methoxy groups -OCH3 is 2. The van der Waals surface area contributed by atoms with E-state index in [0.29, 0.717) is 13.2 Å². The van der Waals surface area contributed by atoms with Gasteiger partial charge in [0.05, 0.1) is 18.4 Å². The van der Waals surface area contributed by atoms with Gasteiger partial charge in [0.2, 0.25) is 0 Å². The molecule has 0 aromatic heterocycles. The molecule has 2 N–H and O–H groups in total. The van der Waals surface area contributed by atoms with Gasteiger partial charge in [0.15, 0.2) is 0 Å². The van der Waals surface area contributed by atoms with E-state index in [1.165, 1.54) is 26.4 Å². The topological polar surface area (TPSA) is 67.8 Å². The molecule has 0 spiro atoms. The van der Waals surface area contributed by atoms with Crippen molar-refractivity contribution in [3.63, 3.8) is 0 Å². The number of benzene rings is 1. The summed E-state index contributed by atoms with van der Waals surface area (Å²) < 4.78 is 23.4. The zero-order valence-electron chi connectivity index (χ0n) is 10.3. The van der Waals surface area contributed by atoms with E-state index in [1.807, 2.05) is 0 Å². The molecule has 0 bridgehead atoms. The summed E-state index contributed by atoms with van der Waals surface area (Å²) in [5, 5.41) is 11.8. The van der Waals surface area contributed by atoms with Gasteiger partial charge >= 0.3 is 5.97 Å². The second-order valence-electron chi connectivity index (χ2n) is 3.66. The highest BCUT2D eigenvalue weighted by molar-refractivity contribution is 5.94. The Hall–Kier alpha value is -1.66. The molecule has 5 nitrogen and oxygen atoms in total. The van der Waals surface area contributed by atoms with Gasteiger partial charge in [-0.15, -0.1) is 0 Å². The van der Waals surface area contributed by atoms with E-state index in [2.05, 4.69) is 5.32 Å². The Morgan fingerprint density at radius 2 is 2.22 bits per heavy atom. The number of rotatable bonds is 7. The van der Waals surface area contributed by atoms with Crippen molar-refractivity contribution >= 4 is 11.7 Å². The second kappa shape index (κ2) is 6.93. The summed E-state index contributed by atoms with van der Waals surface area (Å²) in [7, 11) is 3.06. The molecule has 1 unspecified atom stereocenters. The van der Waals surface area contributed by atoms with Crippen molar-refractivity contribution in [3.8, 4) is 0 Å².